The van der Waals surface area contributed by atoms with Crippen molar-refractivity contribution in [2.75, 3.05) is 5.75 Å². The summed E-state index contributed by atoms with van der Waals surface area (Å²) in [5.74, 6) is 0.423. The quantitative estimate of drug-likeness (QED) is 0.758. The normalized spacial score (nSPS) is 14.7. The molecule has 0 saturated heterocycles. The molecule has 0 unspecified atom stereocenters. The van der Waals surface area contributed by atoms with Crippen molar-refractivity contribution in [1.29, 1.82) is 0 Å². The SMILES string of the molecule is O=C(O)/C=C/c1csc(CSCC(=O)NC2CC2)c1. The number of carbonyl (C=O) groups excluding carboxylic acids is 1. The van der Waals surface area contributed by atoms with Crippen molar-refractivity contribution in [2.24, 2.45) is 0 Å². The molecular formula is C13H15NO3S2. The predicted octanol–water partition coefficient (Wildman–Crippen LogP) is 2.36. The number of thioether (sulfide) groups is 1. The zero-order valence-electron chi connectivity index (χ0n) is 10.3. The summed E-state index contributed by atoms with van der Waals surface area (Å²) in [6, 6.07) is 2.37. The van der Waals surface area contributed by atoms with Crippen molar-refractivity contribution in [3.8, 4) is 0 Å². The highest BCUT2D eigenvalue weighted by Gasteiger charge is 2.22. The van der Waals surface area contributed by atoms with Crippen molar-refractivity contribution in [3.05, 3.63) is 28.0 Å². The lowest BCUT2D eigenvalue weighted by Gasteiger charge is -2.01. The first-order chi connectivity index (χ1) is 9.13. The minimum Gasteiger partial charge on any atom is -0.478 e. The van der Waals surface area contributed by atoms with Crippen LogP contribution in [0, 0.1) is 0 Å². The lowest BCUT2D eigenvalue weighted by atomic mass is 10.3. The molecule has 6 heteroatoms. The van der Waals surface area contributed by atoms with Crippen LogP contribution in [-0.4, -0.2) is 28.8 Å². The van der Waals surface area contributed by atoms with E-state index < -0.39 is 5.97 Å². The summed E-state index contributed by atoms with van der Waals surface area (Å²) < 4.78 is 0. The van der Waals surface area contributed by atoms with Gasteiger partial charge in [0.2, 0.25) is 5.91 Å². The third-order valence-electron chi connectivity index (χ3n) is 2.51. The third-order valence-corrected chi connectivity index (χ3v) is 4.63. The number of carboxylic acid groups (broad SMARTS) is 1. The Morgan fingerprint density at radius 2 is 2.32 bits per heavy atom. The van der Waals surface area contributed by atoms with Gasteiger partial charge in [-0.1, -0.05) is 0 Å². The second-order valence-corrected chi connectivity index (χ2v) is 6.33. The molecule has 1 amide bonds. The van der Waals surface area contributed by atoms with Crippen molar-refractivity contribution in [1.82, 2.24) is 5.32 Å². The maximum Gasteiger partial charge on any atom is 0.328 e. The average Bonchev–Trinajstić information content (AvgIpc) is 3.04. The number of nitrogens with one attached hydrogen (secondary N) is 1. The van der Waals surface area contributed by atoms with Crippen LogP contribution >= 0.6 is 23.1 Å². The molecule has 102 valence electrons. The molecule has 0 radical (unpaired) electrons. The van der Waals surface area contributed by atoms with Gasteiger partial charge in [-0.15, -0.1) is 23.1 Å². The maximum atomic E-state index is 11.5. The van der Waals surface area contributed by atoms with Gasteiger partial charge in [0, 0.05) is 22.7 Å². The molecule has 0 atom stereocenters. The molecule has 1 aliphatic carbocycles. The highest BCUT2D eigenvalue weighted by atomic mass is 32.2. The molecule has 1 aromatic heterocycles. The van der Waals surface area contributed by atoms with Gasteiger partial charge in [0.25, 0.3) is 0 Å². The van der Waals surface area contributed by atoms with Gasteiger partial charge < -0.3 is 10.4 Å². The second kappa shape index (κ2) is 6.77. The fourth-order valence-electron chi connectivity index (χ4n) is 1.47. The first kappa shape index (κ1) is 14.1. The summed E-state index contributed by atoms with van der Waals surface area (Å²) in [5, 5.41) is 13.4. The Hall–Kier alpha value is -1.27. The molecule has 1 aromatic rings. The molecule has 4 nitrogen and oxygen atoms in total. The van der Waals surface area contributed by atoms with Gasteiger partial charge in [0.05, 0.1) is 5.75 Å². The zero-order valence-corrected chi connectivity index (χ0v) is 11.9. The minimum atomic E-state index is -0.945. The van der Waals surface area contributed by atoms with Crippen LogP contribution in [0.2, 0.25) is 0 Å². The van der Waals surface area contributed by atoms with Gasteiger partial charge in [-0.3, -0.25) is 4.79 Å². The molecule has 0 aromatic carbocycles. The summed E-state index contributed by atoms with van der Waals surface area (Å²) in [6.45, 7) is 0. The van der Waals surface area contributed by atoms with E-state index in [4.69, 9.17) is 5.11 Å². The number of hydrogen-bond donors (Lipinski definition) is 2. The second-order valence-electron chi connectivity index (χ2n) is 4.35. The van der Waals surface area contributed by atoms with Crippen molar-refractivity contribution >= 4 is 41.1 Å². The van der Waals surface area contributed by atoms with E-state index in [-0.39, 0.29) is 5.91 Å². The molecule has 1 aliphatic rings. The summed E-state index contributed by atoms with van der Waals surface area (Å²) in [4.78, 5) is 23.0. The standard InChI is InChI=1S/C13H15NO3S2/c15-12(14-10-2-3-10)8-18-7-11-5-9(6-19-11)1-4-13(16)17/h1,4-6,10H,2-3,7-8H2,(H,14,15)(H,16,17)/b4-1+. The number of amides is 1. The number of aliphatic carboxylic acids is 1. The fraction of sp³-hybridized carbons (Fsp3) is 0.385. The molecule has 2 rings (SSSR count). The Bertz CT molecular complexity index is 492. The number of carbonyl (C=O) groups is 2. The van der Waals surface area contributed by atoms with E-state index in [9.17, 15) is 9.59 Å². The Morgan fingerprint density at radius 1 is 1.53 bits per heavy atom. The highest BCUT2D eigenvalue weighted by Crippen LogP contribution is 2.22. The van der Waals surface area contributed by atoms with Crippen molar-refractivity contribution in [2.45, 2.75) is 24.6 Å². The molecule has 1 saturated carbocycles. The first-order valence-corrected chi connectivity index (χ1v) is 8.02. The monoisotopic (exact) mass is 297 g/mol. The van der Waals surface area contributed by atoms with Gasteiger partial charge in [-0.25, -0.2) is 4.79 Å². The van der Waals surface area contributed by atoms with Crippen LogP contribution in [-0.2, 0) is 15.3 Å². The molecule has 0 spiro atoms. The van der Waals surface area contributed by atoms with E-state index in [1.807, 2.05) is 11.4 Å². The number of thiophene rings is 1. The van der Waals surface area contributed by atoms with Crippen LogP contribution in [0.4, 0.5) is 0 Å². The van der Waals surface area contributed by atoms with E-state index in [0.29, 0.717) is 11.8 Å². The van der Waals surface area contributed by atoms with E-state index in [0.717, 1.165) is 35.1 Å². The van der Waals surface area contributed by atoms with Crippen LogP contribution < -0.4 is 5.32 Å². The zero-order chi connectivity index (χ0) is 13.7. The number of hydrogen-bond acceptors (Lipinski definition) is 4. The Balaban J connectivity index is 1.70. The summed E-state index contributed by atoms with van der Waals surface area (Å²) in [6.07, 6.45) is 4.93. The molecule has 1 heterocycles. The van der Waals surface area contributed by atoms with E-state index in [1.165, 1.54) is 0 Å². The Kier molecular flexibility index (Phi) is 5.04. The van der Waals surface area contributed by atoms with E-state index in [1.54, 1.807) is 29.2 Å². The van der Waals surface area contributed by atoms with Crippen LogP contribution in [0.1, 0.15) is 23.3 Å². The van der Waals surface area contributed by atoms with E-state index >= 15 is 0 Å². The summed E-state index contributed by atoms with van der Waals surface area (Å²) in [7, 11) is 0. The van der Waals surface area contributed by atoms with E-state index in [2.05, 4.69) is 5.32 Å². The molecular weight excluding hydrogens is 282 g/mol. The van der Waals surface area contributed by atoms with Gasteiger partial charge in [-0.05, 0) is 35.9 Å². The topological polar surface area (TPSA) is 66.4 Å². The van der Waals surface area contributed by atoms with Crippen LogP contribution in [0.3, 0.4) is 0 Å². The lowest BCUT2D eigenvalue weighted by molar-refractivity contribution is -0.131. The van der Waals surface area contributed by atoms with Crippen molar-refractivity contribution < 1.29 is 14.7 Å². The fourth-order valence-corrected chi connectivity index (χ4v) is 3.29. The Morgan fingerprint density at radius 3 is 3.00 bits per heavy atom. The highest BCUT2D eigenvalue weighted by molar-refractivity contribution is 7.99. The molecule has 1 fully saturated rings. The van der Waals surface area contributed by atoms with Crippen molar-refractivity contribution in [3.63, 3.8) is 0 Å². The smallest absolute Gasteiger partial charge is 0.328 e. The Labute approximate surface area is 119 Å². The number of carboxylic acids is 1. The van der Waals surface area contributed by atoms with Crippen LogP contribution in [0.15, 0.2) is 17.5 Å². The largest absolute Gasteiger partial charge is 0.478 e. The lowest BCUT2D eigenvalue weighted by Crippen LogP contribution is -2.27. The summed E-state index contributed by atoms with van der Waals surface area (Å²) >= 11 is 3.16. The first-order valence-electron chi connectivity index (χ1n) is 5.99. The molecule has 0 bridgehead atoms. The predicted molar refractivity (Wildman–Crippen MR) is 78.3 cm³/mol. The van der Waals surface area contributed by atoms with Gasteiger partial charge >= 0.3 is 5.97 Å². The third kappa shape index (κ3) is 5.48. The molecule has 0 aliphatic heterocycles. The van der Waals surface area contributed by atoms with Crippen LogP contribution in [0.5, 0.6) is 0 Å². The van der Waals surface area contributed by atoms with Gasteiger partial charge in [0.15, 0.2) is 0 Å². The van der Waals surface area contributed by atoms with Crippen LogP contribution in [0.25, 0.3) is 6.08 Å². The molecule has 2 N–H and O–H groups in total. The average molecular weight is 297 g/mol. The minimum absolute atomic E-state index is 0.107. The van der Waals surface area contributed by atoms with Gasteiger partial charge in [0.1, 0.15) is 0 Å². The summed E-state index contributed by atoms with van der Waals surface area (Å²) in [5.41, 5.74) is 0.894. The number of rotatable bonds is 7. The van der Waals surface area contributed by atoms with Gasteiger partial charge in [-0.2, -0.15) is 0 Å². The molecule has 19 heavy (non-hydrogen) atoms. The maximum absolute atomic E-state index is 11.5.